The number of nitrogens with one attached hydrogen (secondary N) is 1. The fourth-order valence-electron chi connectivity index (χ4n) is 1.83. The van der Waals surface area contributed by atoms with E-state index in [2.05, 4.69) is 10.4 Å². The van der Waals surface area contributed by atoms with Crippen molar-refractivity contribution in [1.82, 2.24) is 15.1 Å². The molecule has 2 N–H and O–H groups in total. The number of aliphatic hydroxyl groups is 1. The van der Waals surface area contributed by atoms with E-state index in [0.717, 1.165) is 0 Å². The average molecular weight is 318 g/mol. The first kappa shape index (κ1) is 17.9. The number of carbonyl (C=O) groups excluding carboxylic acids is 1. The smallest absolute Gasteiger partial charge is 0.256 e. The molecule has 7 heteroatoms. The highest BCUT2D eigenvalue weighted by atomic mass is 35.5. The van der Waals surface area contributed by atoms with Gasteiger partial charge in [0.05, 0.1) is 24.0 Å². The highest BCUT2D eigenvalue weighted by Gasteiger charge is 2.20. The van der Waals surface area contributed by atoms with Gasteiger partial charge in [-0.25, -0.2) is 0 Å². The molecule has 0 saturated carbocycles. The minimum absolute atomic E-state index is 0.116. The summed E-state index contributed by atoms with van der Waals surface area (Å²) in [5, 5.41) is 16.9. The van der Waals surface area contributed by atoms with Crippen LogP contribution in [0.15, 0.2) is 0 Å². The van der Waals surface area contributed by atoms with Gasteiger partial charge in [-0.05, 0) is 12.3 Å². The Morgan fingerprint density at radius 1 is 1.48 bits per heavy atom. The van der Waals surface area contributed by atoms with Gasteiger partial charge in [-0.2, -0.15) is 5.10 Å². The molecular weight excluding hydrogens is 294 g/mol. The zero-order valence-corrected chi connectivity index (χ0v) is 13.8. The third-order valence-corrected chi connectivity index (χ3v) is 3.30. The molecule has 0 aliphatic rings. The number of aliphatic hydroxyl groups excluding tert-OH is 1. The highest BCUT2D eigenvalue weighted by Crippen LogP contribution is 2.19. The van der Waals surface area contributed by atoms with Gasteiger partial charge in [0.1, 0.15) is 5.15 Å². The molecule has 1 aromatic rings. The molecule has 21 heavy (non-hydrogen) atoms. The molecule has 1 heterocycles. The minimum atomic E-state index is -0.742. The number of nitrogens with zero attached hydrogens (tertiary/aromatic N) is 2. The molecule has 6 nitrogen and oxygen atoms in total. The van der Waals surface area contributed by atoms with Gasteiger partial charge < -0.3 is 15.2 Å². The average Bonchev–Trinajstić information content (AvgIpc) is 2.71. The molecule has 0 aliphatic heterocycles. The van der Waals surface area contributed by atoms with Crippen LogP contribution in [0.1, 0.15) is 36.8 Å². The summed E-state index contributed by atoms with van der Waals surface area (Å²) < 4.78 is 6.79. The molecular formula is C14H24ClN3O3. The fourth-order valence-corrected chi connectivity index (χ4v) is 2.06. The van der Waals surface area contributed by atoms with Gasteiger partial charge in [-0.3, -0.25) is 9.48 Å². The summed E-state index contributed by atoms with van der Waals surface area (Å²) in [7, 11) is 1.69. The Kier molecular flexibility index (Phi) is 7.14. The van der Waals surface area contributed by atoms with Crippen molar-refractivity contribution in [3.63, 3.8) is 0 Å². The lowest BCUT2D eigenvalue weighted by Gasteiger charge is -2.13. The Balaban J connectivity index is 2.50. The van der Waals surface area contributed by atoms with Gasteiger partial charge >= 0.3 is 0 Å². The Morgan fingerprint density at radius 2 is 2.14 bits per heavy atom. The Morgan fingerprint density at radius 3 is 2.71 bits per heavy atom. The van der Waals surface area contributed by atoms with Crippen LogP contribution in [0.2, 0.25) is 5.15 Å². The first-order valence-corrected chi connectivity index (χ1v) is 7.49. The van der Waals surface area contributed by atoms with Crippen LogP contribution < -0.4 is 5.32 Å². The molecule has 0 radical (unpaired) electrons. The van der Waals surface area contributed by atoms with Crippen LogP contribution in [-0.4, -0.2) is 46.7 Å². The molecule has 1 unspecified atom stereocenters. The van der Waals surface area contributed by atoms with Crippen LogP contribution in [0.4, 0.5) is 0 Å². The van der Waals surface area contributed by atoms with Crippen LogP contribution >= 0.6 is 11.6 Å². The van der Waals surface area contributed by atoms with E-state index < -0.39 is 6.10 Å². The first-order chi connectivity index (χ1) is 9.86. The highest BCUT2D eigenvalue weighted by molar-refractivity contribution is 6.33. The number of rotatable bonds is 8. The van der Waals surface area contributed by atoms with Crippen LogP contribution in [0, 0.1) is 5.92 Å². The number of aromatic nitrogens is 2. The summed E-state index contributed by atoms with van der Waals surface area (Å²) >= 11 is 6.07. The van der Waals surface area contributed by atoms with Crippen molar-refractivity contribution >= 4 is 17.5 Å². The normalized spacial score (nSPS) is 12.7. The van der Waals surface area contributed by atoms with Gasteiger partial charge in [0, 0.05) is 20.2 Å². The van der Waals surface area contributed by atoms with E-state index in [1.165, 1.54) is 4.68 Å². The monoisotopic (exact) mass is 317 g/mol. The van der Waals surface area contributed by atoms with Crippen LogP contribution in [0.3, 0.4) is 0 Å². The van der Waals surface area contributed by atoms with Crippen molar-refractivity contribution in [2.45, 2.75) is 33.3 Å². The maximum atomic E-state index is 12.1. The number of ether oxygens (including phenoxy) is 1. The lowest BCUT2D eigenvalue weighted by Crippen LogP contribution is -2.35. The third-order valence-electron chi connectivity index (χ3n) is 2.87. The van der Waals surface area contributed by atoms with Crippen molar-refractivity contribution in [2.75, 3.05) is 19.8 Å². The van der Waals surface area contributed by atoms with Gasteiger partial charge in [-0.1, -0.05) is 32.4 Å². The van der Waals surface area contributed by atoms with Crippen LogP contribution in [0.25, 0.3) is 0 Å². The van der Waals surface area contributed by atoms with Crippen LogP contribution in [0.5, 0.6) is 0 Å². The molecule has 1 rings (SSSR count). The predicted molar refractivity (Wildman–Crippen MR) is 81.6 cm³/mol. The molecule has 0 aliphatic carbocycles. The molecule has 0 saturated heterocycles. The summed E-state index contributed by atoms with van der Waals surface area (Å²) in [5.41, 5.74) is 1.02. The van der Waals surface area contributed by atoms with Crippen molar-refractivity contribution in [3.8, 4) is 0 Å². The second-order valence-corrected chi connectivity index (χ2v) is 5.74. The number of aryl methyl sites for hydroxylation is 2. The number of hydrogen-bond acceptors (Lipinski definition) is 4. The number of halogens is 1. The Labute approximate surface area is 130 Å². The summed E-state index contributed by atoms with van der Waals surface area (Å²) in [4.78, 5) is 12.1. The molecule has 1 atom stereocenters. The summed E-state index contributed by atoms with van der Waals surface area (Å²) in [6.45, 7) is 6.87. The molecule has 1 aromatic heterocycles. The van der Waals surface area contributed by atoms with Gasteiger partial charge in [0.2, 0.25) is 0 Å². The standard InChI is InChI=1S/C14H24ClN3O3/c1-5-11-12(13(15)18(4)17-11)14(20)16-6-10(19)8-21-7-9(2)3/h9-10,19H,5-8H2,1-4H3,(H,16,20). The van der Waals surface area contributed by atoms with Crippen LogP contribution in [-0.2, 0) is 18.2 Å². The third kappa shape index (κ3) is 5.30. The topological polar surface area (TPSA) is 76.4 Å². The second-order valence-electron chi connectivity index (χ2n) is 5.38. The van der Waals surface area contributed by atoms with E-state index in [0.29, 0.717) is 35.4 Å². The molecule has 0 bridgehead atoms. The van der Waals surface area contributed by atoms with E-state index in [1.54, 1.807) is 7.05 Å². The largest absolute Gasteiger partial charge is 0.389 e. The lowest BCUT2D eigenvalue weighted by atomic mass is 10.2. The van der Waals surface area contributed by atoms with E-state index in [1.807, 2.05) is 20.8 Å². The molecule has 0 spiro atoms. The van der Waals surface area contributed by atoms with Crippen molar-refractivity contribution in [3.05, 3.63) is 16.4 Å². The summed E-state index contributed by atoms with van der Waals surface area (Å²) in [6.07, 6.45) is -0.128. The van der Waals surface area contributed by atoms with Gasteiger partial charge in [0.15, 0.2) is 0 Å². The van der Waals surface area contributed by atoms with Gasteiger partial charge in [0.25, 0.3) is 5.91 Å². The zero-order valence-electron chi connectivity index (χ0n) is 13.0. The first-order valence-electron chi connectivity index (χ1n) is 7.12. The molecule has 1 amide bonds. The minimum Gasteiger partial charge on any atom is -0.389 e. The van der Waals surface area contributed by atoms with Crippen molar-refractivity contribution < 1.29 is 14.6 Å². The van der Waals surface area contributed by atoms with E-state index in [-0.39, 0.29) is 19.1 Å². The molecule has 0 fully saturated rings. The Hall–Kier alpha value is -1.11. The quantitative estimate of drug-likeness (QED) is 0.760. The zero-order chi connectivity index (χ0) is 16.0. The number of hydrogen-bond donors (Lipinski definition) is 2. The Bertz CT molecular complexity index is 474. The predicted octanol–water partition coefficient (Wildman–Crippen LogP) is 1.40. The summed E-state index contributed by atoms with van der Waals surface area (Å²) in [6, 6.07) is 0. The SMILES string of the molecule is CCc1nn(C)c(Cl)c1C(=O)NCC(O)COCC(C)C. The number of amides is 1. The number of carbonyl (C=O) groups is 1. The lowest BCUT2D eigenvalue weighted by molar-refractivity contribution is 0.0259. The van der Waals surface area contributed by atoms with E-state index in [4.69, 9.17) is 16.3 Å². The van der Waals surface area contributed by atoms with Crippen molar-refractivity contribution in [1.29, 1.82) is 0 Å². The second kappa shape index (κ2) is 8.36. The maximum absolute atomic E-state index is 12.1. The van der Waals surface area contributed by atoms with E-state index >= 15 is 0 Å². The fraction of sp³-hybridized carbons (Fsp3) is 0.714. The van der Waals surface area contributed by atoms with Gasteiger partial charge in [-0.15, -0.1) is 0 Å². The maximum Gasteiger partial charge on any atom is 0.256 e. The molecule has 120 valence electrons. The molecule has 0 aromatic carbocycles. The summed E-state index contributed by atoms with van der Waals surface area (Å²) in [5.74, 6) is 0.0842. The van der Waals surface area contributed by atoms with E-state index in [9.17, 15) is 9.90 Å². The van der Waals surface area contributed by atoms with Crippen molar-refractivity contribution in [2.24, 2.45) is 13.0 Å².